The molecular weight excluding hydrogens is 316 g/mol. The summed E-state index contributed by atoms with van der Waals surface area (Å²) in [5.74, 6) is -0.420. The van der Waals surface area contributed by atoms with Crippen molar-refractivity contribution in [1.82, 2.24) is 9.88 Å². The standard InChI is InChI=1S/C20H16N2O3/c23-19(16-13-15-6-2-4-8-18(15)25-20(16)24)21-10-12-22-11-9-14-5-1-3-7-17(14)22/h1-9,11,13H,10,12H2,(H,21,23). The third kappa shape index (κ3) is 2.92. The van der Waals surface area contributed by atoms with Gasteiger partial charge in [0.1, 0.15) is 11.1 Å². The van der Waals surface area contributed by atoms with Crippen molar-refractivity contribution in [3.05, 3.63) is 82.8 Å². The first kappa shape index (κ1) is 15.2. The minimum atomic E-state index is -0.623. The Labute approximate surface area is 143 Å². The second-order valence-corrected chi connectivity index (χ2v) is 5.81. The lowest BCUT2D eigenvalue weighted by Crippen LogP contribution is -2.30. The van der Waals surface area contributed by atoms with Crippen LogP contribution < -0.4 is 10.9 Å². The van der Waals surface area contributed by atoms with Crippen LogP contribution in [0, 0.1) is 0 Å². The number of nitrogens with zero attached hydrogens (tertiary/aromatic N) is 1. The molecule has 124 valence electrons. The van der Waals surface area contributed by atoms with Gasteiger partial charge in [0, 0.05) is 30.2 Å². The summed E-state index contributed by atoms with van der Waals surface area (Å²) in [6.45, 7) is 1.04. The van der Waals surface area contributed by atoms with E-state index in [-0.39, 0.29) is 5.56 Å². The van der Waals surface area contributed by atoms with Crippen LogP contribution in [0.1, 0.15) is 10.4 Å². The van der Waals surface area contributed by atoms with Gasteiger partial charge in [0.05, 0.1) is 0 Å². The van der Waals surface area contributed by atoms with E-state index >= 15 is 0 Å². The molecule has 0 aliphatic heterocycles. The lowest BCUT2D eigenvalue weighted by Gasteiger charge is -2.07. The molecule has 0 radical (unpaired) electrons. The van der Waals surface area contributed by atoms with Crippen LogP contribution in [-0.2, 0) is 6.54 Å². The molecule has 5 nitrogen and oxygen atoms in total. The van der Waals surface area contributed by atoms with Crippen molar-refractivity contribution in [2.24, 2.45) is 0 Å². The van der Waals surface area contributed by atoms with Crippen LogP contribution in [0.3, 0.4) is 0 Å². The monoisotopic (exact) mass is 332 g/mol. The van der Waals surface area contributed by atoms with Gasteiger partial charge in [-0.1, -0.05) is 36.4 Å². The average molecular weight is 332 g/mol. The van der Waals surface area contributed by atoms with E-state index in [4.69, 9.17) is 4.42 Å². The Kier molecular flexibility index (Phi) is 3.82. The van der Waals surface area contributed by atoms with Crippen LogP contribution >= 0.6 is 0 Å². The maximum absolute atomic E-state index is 12.3. The number of carbonyl (C=O) groups excluding carboxylic acids is 1. The molecule has 0 spiro atoms. The van der Waals surface area contributed by atoms with Gasteiger partial charge in [-0.3, -0.25) is 4.79 Å². The normalized spacial score (nSPS) is 11.0. The lowest BCUT2D eigenvalue weighted by molar-refractivity contribution is 0.0949. The van der Waals surface area contributed by atoms with Crippen molar-refractivity contribution in [3.8, 4) is 0 Å². The highest BCUT2D eigenvalue weighted by Gasteiger charge is 2.13. The number of benzene rings is 2. The molecule has 4 rings (SSSR count). The molecule has 1 N–H and O–H groups in total. The minimum absolute atomic E-state index is 0.0241. The molecule has 0 atom stereocenters. The molecule has 0 bridgehead atoms. The molecule has 2 aromatic heterocycles. The molecule has 1 amide bonds. The summed E-state index contributed by atoms with van der Waals surface area (Å²) < 4.78 is 7.27. The first-order valence-electron chi connectivity index (χ1n) is 8.07. The zero-order valence-corrected chi connectivity index (χ0v) is 13.4. The van der Waals surface area contributed by atoms with Crippen molar-refractivity contribution < 1.29 is 9.21 Å². The summed E-state index contributed by atoms with van der Waals surface area (Å²) >= 11 is 0. The van der Waals surface area contributed by atoms with E-state index in [1.807, 2.05) is 42.6 Å². The van der Waals surface area contributed by atoms with E-state index in [1.54, 1.807) is 24.3 Å². The lowest BCUT2D eigenvalue weighted by atomic mass is 10.2. The highest BCUT2D eigenvalue weighted by atomic mass is 16.4. The Morgan fingerprint density at radius 2 is 1.76 bits per heavy atom. The summed E-state index contributed by atoms with van der Waals surface area (Å²) in [6, 6.07) is 18.8. The van der Waals surface area contributed by atoms with E-state index in [2.05, 4.69) is 9.88 Å². The molecular formula is C20H16N2O3. The van der Waals surface area contributed by atoms with E-state index in [0.717, 1.165) is 16.3 Å². The van der Waals surface area contributed by atoms with E-state index < -0.39 is 11.5 Å². The molecule has 0 fully saturated rings. The molecule has 2 aromatic carbocycles. The number of hydrogen-bond donors (Lipinski definition) is 1. The highest BCUT2D eigenvalue weighted by Crippen LogP contribution is 2.15. The van der Waals surface area contributed by atoms with Crippen LogP contribution in [-0.4, -0.2) is 17.0 Å². The first-order valence-corrected chi connectivity index (χ1v) is 8.07. The number of para-hydroxylation sites is 2. The predicted octanol–water partition coefficient (Wildman–Crippen LogP) is 3.18. The highest BCUT2D eigenvalue weighted by molar-refractivity contribution is 5.96. The molecule has 0 saturated carbocycles. The average Bonchev–Trinajstić information content (AvgIpc) is 3.04. The first-order chi connectivity index (χ1) is 12.2. The van der Waals surface area contributed by atoms with E-state index in [9.17, 15) is 9.59 Å². The van der Waals surface area contributed by atoms with Crippen LogP contribution in [0.25, 0.3) is 21.9 Å². The molecule has 4 aromatic rings. The Hall–Kier alpha value is -3.34. The number of rotatable bonds is 4. The van der Waals surface area contributed by atoms with Crippen LogP contribution in [0.15, 0.2) is 76.1 Å². The fraction of sp³-hybridized carbons (Fsp3) is 0.100. The minimum Gasteiger partial charge on any atom is -0.422 e. The van der Waals surface area contributed by atoms with Crippen LogP contribution in [0.2, 0.25) is 0 Å². The Morgan fingerprint density at radius 1 is 1.00 bits per heavy atom. The number of nitrogens with one attached hydrogen (secondary N) is 1. The maximum Gasteiger partial charge on any atom is 0.349 e. The fourth-order valence-corrected chi connectivity index (χ4v) is 2.94. The van der Waals surface area contributed by atoms with Gasteiger partial charge in [0.25, 0.3) is 5.91 Å². The van der Waals surface area contributed by atoms with Gasteiger partial charge in [0.15, 0.2) is 0 Å². The number of amides is 1. The van der Waals surface area contributed by atoms with Crippen molar-refractivity contribution in [2.45, 2.75) is 6.54 Å². The molecule has 5 heteroatoms. The van der Waals surface area contributed by atoms with Crippen molar-refractivity contribution in [2.75, 3.05) is 6.54 Å². The van der Waals surface area contributed by atoms with Crippen LogP contribution in [0.5, 0.6) is 0 Å². The molecule has 0 saturated heterocycles. The topological polar surface area (TPSA) is 64.2 Å². The Morgan fingerprint density at radius 3 is 2.64 bits per heavy atom. The molecule has 0 aliphatic rings. The Bertz CT molecular complexity index is 1120. The van der Waals surface area contributed by atoms with Gasteiger partial charge >= 0.3 is 5.63 Å². The molecule has 2 heterocycles. The number of fused-ring (bicyclic) bond motifs is 2. The quantitative estimate of drug-likeness (QED) is 0.584. The number of hydrogen-bond acceptors (Lipinski definition) is 3. The Balaban J connectivity index is 1.49. The summed E-state index contributed by atoms with van der Waals surface area (Å²) in [6.07, 6.45) is 1.99. The van der Waals surface area contributed by atoms with Crippen molar-refractivity contribution in [3.63, 3.8) is 0 Å². The smallest absolute Gasteiger partial charge is 0.349 e. The second kappa shape index (κ2) is 6.28. The summed E-state index contributed by atoms with van der Waals surface area (Å²) in [5.41, 5.74) is 0.989. The third-order valence-electron chi connectivity index (χ3n) is 4.20. The predicted molar refractivity (Wildman–Crippen MR) is 96.8 cm³/mol. The summed E-state index contributed by atoms with van der Waals surface area (Å²) in [7, 11) is 0. The van der Waals surface area contributed by atoms with Gasteiger partial charge < -0.3 is 14.3 Å². The summed E-state index contributed by atoms with van der Waals surface area (Å²) in [5, 5.41) is 4.67. The van der Waals surface area contributed by atoms with Crippen molar-refractivity contribution in [1.29, 1.82) is 0 Å². The SMILES string of the molecule is O=C(NCCn1ccc2ccccc21)c1cc2ccccc2oc1=O. The van der Waals surface area contributed by atoms with Crippen LogP contribution in [0.4, 0.5) is 0 Å². The van der Waals surface area contributed by atoms with E-state index in [0.29, 0.717) is 18.7 Å². The second-order valence-electron chi connectivity index (χ2n) is 5.81. The molecule has 0 unspecified atom stereocenters. The molecule has 0 aliphatic carbocycles. The van der Waals surface area contributed by atoms with Gasteiger partial charge in [-0.2, -0.15) is 0 Å². The number of aromatic nitrogens is 1. The third-order valence-corrected chi connectivity index (χ3v) is 4.20. The van der Waals surface area contributed by atoms with Gasteiger partial charge in [-0.15, -0.1) is 0 Å². The van der Waals surface area contributed by atoms with Gasteiger partial charge in [0.2, 0.25) is 0 Å². The number of carbonyl (C=O) groups is 1. The van der Waals surface area contributed by atoms with E-state index in [1.165, 1.54) is 0 Å². The fourth-order valence-electron chi connectivity index (χ4n) is 2.94. The van der Waals surface area contributed by atoms with Gasteiger partial charge in [-0.05, 0) is 29.7 Å². The summed E-state index contributed by atoms with van der Waals surface area (Å²) in [4.78, 5) is 24.3. The zero-order valence-electron chi connectivity index (χ0n) is 13.4. The maximum atomic E-state index is 12.3. The van der Waals surface area contributed by atoms with Gasteiger partial charge in [-0.25, -0.2) is 4.79 Å². The molecule has 25 heavy (non-hydrogen) atoms. The zero-order chi connectivity index (χ0) is 17.2. The largest absolute Gasteiger partial charge is 0.422 e. The van der Waals surface area contributed by atoms with Crippen molar-refractivity contribution >= 4 is 27.8 Å².